The highest BCUT2D eigenvalue weighted by molar-refractivity contribution is 9.10. The van der Waals surface area contributed by atoms with Gasteiger partial charge in [0.25, 0.3) is 0 Å². The molecule has 10 heteroatoms. The molecule has 204 valence electrons. The number of halogens is 1. The minimum atomic E-state index is -3.56. The molecule has 2 rings (SSSR count). The largest absolute Gasteiger partial charge is 0.494 e. The normalized spacial score (nSPS) is 12.9. The van der Waals surface area contributed by atoms with Crippen molar-refractivity contribution in [2.45, 2.75) is 65.6 Å². The quantitative estimate of drug-likeness (QED) is 0.341. The molecule has 1 N–H and O–H groups in total. The summed E-state index contributed by atoms with van der Waals surface area (Å²) in [6, 6.07) is 13.7. The molecule has 8 nitrogen and oxygen atoms in total. The van der Waals surface area contributed by atoms with E-state index in [1.807, 2.05) is 45.0 Å². The number of sulfonamides is 1. The summed E-state index contributed by atoms with van der Waals surface area (Å²) in [5.74, 6) is 0.227. The van der Waals surface area contributed by atoms with Crippen LogP contribution in [0.15, 0.2) is 53.0 Å². The van der Waals surface area contributed by atoms with Crippen LogP contribution in [-0.2, 0) is 26.2 Å². The Morgan fingerprint density at radius 1 is 1.03 bits per heavy atom. The second kappa shape index (κ2) is 14.4. The Morgan fingerprint density at radius 3 is 2.19 bits per heavy atom. The Bertz CT molecular complexity index is 1120. The van der Waals surface area contributed by atoms with Crippen molar-refractivity contribution in [3.8, 4) is 5.75 Å². The molecule has 0 unspecified atom stereocenters. The number of ether oxygens (including phenoxy) is 1. The van der Waals surface area contributed by atoms with Gasteiger partial charge in [-0.3, -0.25) is 13.9 Å². The number of anilines is 1. The van der Waals surface area contributed by atoms with E-state index in [1.54, 1.807) is 36.1 Å². The van der Waals surface area contributed by atoms with Gasteiger partial charge in [-0.05, 0) is 75.6 Å². The van der Waals surface area contributed by atoms with Crippen molar-refractivity contribution < 1.29 is 22.7 Å². The molecule has 2 atom stereocenters. The van der Waals surface area contributed by atoms with Crippen LogP contribution < -0.4 is 14.4 Å². The molecular weight excluding hydrogens is 558 g/mol. The van der Waals surface area contributed by atoms with Gasteiger partial charge in [-0.1, -0.05) is 35.0 Å². The molecule has 2 aromatic rings. The van der Waals surface area contributed by atoms with Gasteiger partial charge < -0.3 is 15.0 Å². The summed E-state index contributed by atoms with van der Waals surface area (Å²) in [5, 5.41) is 2.95. The molecule has 0 aliphatic carbocycles. The number of rotatable bonds is 14. The molecule has 0 aromatic heterocycles. The zero-order valence-electron chi connectivity index (χ0n) is 22.2. The molecule has 2 amide bonds. The summed E-state index contributed by atoms with van der Waals surface area (Å²) in [6.07, 6.45) is 2.33. The number of hydrogen-bond acceptors (Lipinski definition) is 5. The van der Waals surface area contributed by atoms with Gasteiger partial charge in [0.15, 0.2) is 0 Å². The Labute approximate surface area is 229 Å². The Balaban J connectivity index is 2.15. The van der Waals surface area contributed by atoms with Crippen LogP contribution in [0, 0.1) is 0 Å². The Kier molecular flexibility index (Phi) is 11.9. The first-order valence-electron chi connectivity index (χ1n) is 12.5. The van der Waals surface area contributed by atoms with E-state index in [1.165, 1.54) is 4.31 Å². The van der Waals surface area contributed by atoms with E-state index in [4.69, 9.17) is 4.74 Å². The van der Waals surface area contributed by atoms with Gasteiger partial charge in [-0.15, -0.1) is 0 Å². The predicted molar refractivity (Wildman–Crippen MR) is 151 cm³/mol. The minimum Gasteiger partial charge on any atom is -0.494 e. The van der Waals surface area contributed by atoms with Crippen molar-refractivity contribution in [2.75, 3.05) is 23.7 Å². The predicted octanol–water partition coefficient (Wildman–Crippen LogP) is 4.73. The van der Waals surface area contributed by atoms with Gasteiger partial charge in [0, 0.05) is 30.0 Å². The number of benzene rings is 2. The van der Waals surface area contributed by atoms with Gasteiger partial charge in [-0.2, -0.15) is 0 Å². The SMILES string of the molecule is CCOc1ccc(N(CCCC(=O)N(Cc2ccc(Br)cc2)[C@@H](C)C(=O)N[C@H](C)CC)S(C)(=O)=O)cc1. The highest BCUT2D eigenvalue weighted by Crippen LogP contribution is 2.23. The molecule has 0 radical (unpaired) electrons. The average Bonchev–Trinajstić information content (AvgIpc) is 2.85. The van der Waals surface area contributed by atoms with Crippen LogP contribution in [0.4, 0.5) is 5.69 Å². The van der Waals surface area contributed by atoms with Crippen LogP contribution >= 0.6 is 15.9 Å². The minimum absolute atomic E-state index is 0.00276. The number of amides is 2. The molecule has 0 saturated heterocycles. The lowest BCUT2D eigenvalue weighted by Gasteiger charge is -2.30. The van der Waals surface area contributed by atoms with Crippen molar-refractivity contribution in [3.63, 3.8) is 0 Å². The van der Waals surface area contributed by atoms with E-state index in [-0.39, 0.29) is 37.4 Å². The molecule has 2 aromatic carbocycles. The van der Waals surface area contributed by atoms with Crippen molar-refractivity contribution >= 4 is 43.5 Å². The van der Waals surface area contributed by atoms with Crippen LogP contribution in [0.1, 0.15) is 52.5 Å². The van der Waals surface area contributed by atoms with Crippen LogP contribution in [0.2, 0.25) is 0 Å². The van der Waals surface area contributed by atoms with Gasteiger partial charge in [0.2, 0.25) is 21.8 Å². The topological polar surface area (TPSA) is 96.0 Å². The van der Waals surface area contributed by atoms with E-state index in [9.17, 15) is 18.0 Å². The van der Waals surface area contributed by atoms with Crippen molar-refractivity contribution in [3.05, 3.63) is 58.6 Å². The fourth-order valence-electron chi connectivity index (χ4n) is 3.71. The number of nitrogens with zero attached hydrogens (tertiary/aromatic N) is 2. The summed E-state index contributed by atoms with van der Waals surface area (Å²) in [6.45, 7) is 8.43. The van der Waals surface area contributed by atoms with Crippen molar-refractivity contribution in [1.29, 1.82) is 0 Å². The van der Waals surface area contributed by atoms with E-state index in [2.05, 4.69) is 21.2 Å². The number of carbonyl (C=O) groups excluding carboxylic acids is 2. The third-order valence-electron chi connectivity index (χ3n) is 6.02. The van der Waals surface area contributed by atoms with Gasteiger partial charge in [-0.25, -0.2) is 8.42 Å². The second-order valence-electron chi connectivity index (χ2n) is 9.01. The molecule has 0 heterocycles. The summed E-state index contributed by atoms with van der Waals surface area (Å²) < 4.78 is 32.6. The van der Waals surface area contributed by atoms with Crippen molar-refractivity contribution in [1.82, 2.24) is 10.2 Å². The van der Waals surface area contributed by atoms with Gasteiger partial charge in [0.1, 0.15) is 11.8 Å². The van der Waals surface area contributed by atoms with Crippen LogP contribution in [0.3, 0.4) is 0 Å². The molecule has 0 aliphatic rings. The van der Waals surface area contributed by atoms with Crippen LogP contribution in [0.5, 0.6) is 5.75 Å². The van der Waals surface area contributed by atoms with Crippen LogP contribution in [-0.4, -0.2) is 56.6 Å². The maximum Gasteiger partial charge on any atom is 0.242 e. The lowest BCUT2D eigenvalue weighted by molar-refractivity contribution is -0.140. The molecule has 0 fully saturated rings. The number of carbonyl (C=O) groups is 2. The van der Waals surface area contributed by atoms with Gasteiger partial charge in [0.05, 0.1) is 18.6 Å². The highest BCUT2D eigenvalue weighted by Gasteiger charge is 2.27. The molecule has 37 heavy (non-hydrogen) atoms. The molecule has 0 spiro atoms. The molecule has 0 saturated carbocycles. The maximum absolute atomic E-state index is 13.4. The summed E-state index contributed by atoms with van der Waals surface area (Å²) in [5.41, 5.74) is 1.40. The van der Waals surface area contributed by atoms with Crippen molar-refractivity contribution in [2.24, 2.45) is 0 Å². The van der Waals surface area contributed by atoms with Crippen LogP contribution in [0.25, 0.3) is 0 Å². The first-order valence-corrected chi connectivity index (χ1v) is 15.1. The zero-order valence-corrected chi connectivity index (χ0v) is 24.6. The fraction of sp³-hybridized carbons (Fsp3) is 0.481. The molecule has 0 aliphatic heterocycles. The second-order valence-corrected chi connectivity index (χ2v) is 11.8. The summed E-state index contributed by atoms with van der Waals surface area (Å²) in [7, 11) is -3.56. The number of nitrogens with one attached hydrogen (secondary N) is 1. The van der Waals surface area contributed by atoms with E-state index >= 15 is 0 Å². The zero-order chi connectivity index (χ0) is 27.6. The maximum atomic E-state index is 13.4. The van der Waals surface area contributed by atoms with E-state index < -0.39 is 16.1 Å². The lowest BCUT2D eigenvalue weighted by Crippen LogP contribution is -2.49. The van der Waals surface area contributed by atoms with Gasteiger partial charge >= 0.3 is 0 Å². The average molecular weight is 597 g/mol. The highest BCUT2D eigenvalue weighted by atomic mass is 79.9. The standard InChI is InChI=1S/C27H38BrN3O5S/c1-6-20(3)29-27(33)21(4)30(19-22-10-12-23(28)13-11-22)26(32)9-8-18-31(37(5,34)35)24-14-16-25(17-15-24)36-7-2/h10-17,20-21H,6-9,18-19H2,1-5H3,(H,29,33)/t20-,21+/m1/s1. The first-order chi connectivity index (χ1) is 17.5. The Morgan fingerprint density at radius 2 is 1.65 bits per heavy atom. The monoisotopic (exact) mass is 595 g/mol. The smallest absolute Gasteiger partial charge is 0.242 e. The molecule has 0 bridgehead atoms. The molecular formula is C27H38BrN3O5S. The van der Waals surface area contributed by atoms with E-state index in [0.29, 0.717) is 24.5 Å². The number of hydrogen-bond donors (Lipinski definition) is 1. The fourth-order valence-corrected chi connectivity index (χ4v) is 4.94. The third kappa shape index (κ3) is 9.66. The Hall–Kier alpha value is -2.59. The lowest BCUT2D eigenvalue weighted by atomic mass is 10.1. The van der Waals surface area contributed by atoms with E-state index in [0.717, 1.165) is 22.7 Å². The first kappa shape index (κ1) is 30.6. The summed E-state index contributed by atoms with van der Waals surface area (Å²) >= 11 is 3.42. The third-order valence-corrected chi connectivity index (χ3v) is 7.75. The summed E-state index contributed by atoms with van der Waals surface area (Å²) in [4.78, 5) is 27.8.